The Morgan fingerprint density at radius 1 is 0.833 bits per heavy atom. The second kappa shape index (κ2) is 9.20. The van der Waals surface area contributed by atoms with Crippen LogP contribution < -0.4 is 0 Å². The van der Waals surface area contributed by atoms with Gasteiger partial charge in [-0.1, -0.05) is 60.7 Å². The van der Waals surface area contributed by atoms with Gasteiger partial charge in [-0.05, 0) is 28.5 Å². The van der Waals surface area contributed by atoms with Gasteiger partial charge in [0, 0.05) is 31.9 Å². The molecule has 1 saturated heterocycles. The van der Waals surface area contributed by atoms with Crippen molar-refractivity contribution in [3.8, 4) is 0 Å². The van der Waals surface area contributed by atoms with E-state index in [0.29, 0.717) is 36.8 Å². The fourth-order valence-electron chi connectivity index (χ4n) is 3.58. The summed E-state index contributed by atoms with van der Waals surface area (Å²) in [6.07, 6.45) is 0. The van der Waals surface area contributed by atoms with E-state index in [4.69, 9.17) is 0 Å². The van der Waals surface area contributed by atoms with E-state index in [-0.39, 0.29) is 5.91 Å². The minimum absolute atomic E-state index is 0.0682. The Morgan fingerprint density at radius 3 is 2.23 bits per heavy atom. The second-order valence-electron chi connectivity index (χ2n) is 7.27. The number of sulfonamides is 1. The largest absolute Gasteiger partial charge is 0.339 e. The molecule has 0 aliphatic carbocycles. The molecule has 0 spiro atoms. The third-order valence-electron chi connectivity index (χ3n) is 5.29. The summed E-state index contributed by atoms with van der Waals surface area (Å²) in [5.74, 6) is 1.27. The lowest BCUT2D eigenvalue weighted by Gasteiger charge is -2.34. The second-order valence-corrected chi connectivity index (χ2v) is 10.2. The molecule has 3 aromatic rings. The lowest BCUT2D eigenvalue weighted by molar-refractivity contribution is -0.129. The van der Waals surface area contributed by atoms with Crippen molar-refractivity contribution in [1.29, 1.82) is 0 Å². The fourth-order valence-corrected chi connectivity index (χ4v) is 5.92. The maximum Gasteiger partial charge on any atom is 0.243 e. The van der Waals surface area contributed by atoms with Crippen molar-refractivity contribution in [2.45, 2.75) is 10.6 Å². The van der Waals surface area contributed by atoms with E-state index in [2.05, 4.69) is 0 Å². The summed E-state index contributed by atoms with van der Waals surface area (Å²) in [5, 5.41) is 1.92. The van der Waals surface area contributed by atoms with Gasteiger partial charge < -0.3 is 4.90 Å². The van der Waals surface area contributed by atoms with Crippen LogP contribution in [0.5, 0.6) is 0 Å². The summed E-state index contributed by atoms with van der Waals surface area (Å²) in [6, 6.07) is 23.0. The fraction of sp³-hybridized carbons (Fsp3) is 0.261. The van der Waals surface area contributed by atoms with E-state index in [1.165, 1.54) is 9.87 Å². The van der Waals surface area contributed by atoms with Gasteiger partial charge in [-0.25, -0.2) is 8.42 Å². The zero-order valence-corrected chi connectivity index (χ0v) is 18.2. The van der Waals surface area contributed by atoms with Crippen LogP contribution in [0.25, 0.3) is 10.8 Å². The Hall–Kier alpha value is -2.35. The first-order valence-electron chi connectivity index (χ1n) is 9.92. The smallest absolute Gasteiger partial charge is 0.243 e. The van der Waals surface area contributed by atoms with E-state index in [9.17, 15) is 13.2 Å². The molecule has 0 saturated carbocycles. The van der Waals surface area contributed by atoms with Crippen molar-refractivity contribution in [2.75, 3.05) is 31.9 Å². The number of thioether (sulfide) groups is 1. The van der Waals surface area contributed by atoms with E-state index in [1.54, 1.807) is 28.8 Å². The number of benzene rings is 3. The van der Waals surface area contributed by atoms with Crippen molar-refractivity contribution >= 4 is 38.5 Å². The van der Waals surface area contributed by atoms with Gasteiger partial charge in [-0.15, -0.1) is 11.8 Å². The molecular formula is C23H24N2O3S2. The molecular weight excluding hydrogens is 416 g/mol. The van der Waals surface area contributed by atoms with E-state index < -0.39 is 10.0 Å². The molecule has 156 valence electrons. The molecule has 3 aromatic carbocycles. The molecule has 0 N–H and O–H groups in total. The highest BCUT2D eigenvalue weighted by Gasteiger charge is 2.30. The summed E-state index contributed by atoms with van der Waals surface area (Å²) >= 11 is 1.59. The maximum absolute atomic E-state index is 13.1. The van der Waals surface area contributed by atoms with Gasteiger partial charge in [0.2, 0.25) is 15.9 Å². The number of rotatable bonds is 6. The van der Waals surface area contributed by atoms with Gasteiger partial charge in [-0.2, -0.15) is 4.31 Å². The zero-order chi connectivity index (χ0) is 21.0. The van der Waals surface area contributed by atoms with Crippen LogP contribution in [0, 0.1) is 0 Å². The average Bonchev–Trinajstić information content (AvgIpc) is 2.79. The standard InChI is InChI=1S/C23H24N2O3S2/c26-23(18-29-17-19-6-2-1-3-7-19)24-12-14-25(15-13-24)30(27,28)22-11-10-20-8-4-5-9-21(20)16-22/h1-11,16H,12-15,17-18H2. The van der Waals surface area contributed by atoms with Crippen LogP contribution in [-0.4, -0.2) is 55.5 Å². The Labute approximate surface area is 181 Å². The van der Waals surface area contributed by atoms with Crippen LogP contribution in [-0.2, 0) is 20.6 Å². The minimum Gasteiger partial charge on any atom is -0.339 e. The van der Waals surface area contributed by atoms with Crippen molar-refractivity contribution < 1.29 is 13.2 Å². The summed E-state index contributed by atoms with van der Waals surface area (Å²) in [5.41, 5.74) is 1.20. The predicted molar refractivity (Wildman–Crippen MR) is 122 cm³/mol. The maximum atomic E-state index is 13.1. The summed E-state index contributed by atoms with van der Waals surface area (Å²) in [7, 11) is -3.57. The van der Waals surface area contributed by atoms with Gasteiger partial charge in [-0.3, -0.25) is 4.79 Å². The number of piperazine rings is 1. The molecule has 1 heterocycles. The number of carbonyl (C=O) groups is 1. The Balaban J connectivity index is 1.33. The molecule has 1 amide bonds. The van der Waals surface area contributed by atoms with Crippen molar-refractivity contribution in [1.82, 2.24) is 9.21 Å². The molecule has 0 bridgehead atoms. The van der Waals surface area contributed by atoms with Gasteiger partial charge in [0.15, 0.2) is 0 Å². The van der Waals surface area contributed by atoms with Gasteiger partial charge in [0.1, 0.15) is 0 Å². The SMILES string of the molecule is O=C(CSCc1ccccc1)N1CCN(S(=O)(=O)c2ccc3ccccc3c2)CC1. The monoisotopic (exact) mass is 440 g/mol. The first-order valence-corrected chi connectivity index (χ1v) is 12.5. The lowest BCUT2D eigenvalue weighted by atomic mass is 10.1. The number of fused-ring (bicyclic) bond motifs is 1. The van der Waals surface area contributed by atoms with E-state index >= 15 is 0 Å². The quantitative estimate of drug-likeness (QED) is 0.588. The highest BCUT2D eigenvalue weighted by Crippen LogP contribution is 2.23. The van der Waals surface area contributed by atoms with Crippen molar-refractivity contribution in [2.24, 2.45) is 0 Å². The van der Waals surface area contributed by atoms with Gasteiger partial charge >= 0.3 is 0 Å². The number of amides is 1. The molecule has 1 fully saturated rings. The molecule has 4 rings (SSSR count). The molecule has 1 aliphatic heterocycles. The topological polar surface area (TPSA) is 57.7 Å². The molecule has 30 heavy (non-hydrogen) atoms. The third-order valence-corrected chi connectivity index (χ3v) is 8.17. The van der Waals surface area contributed by atoms with Crippen LogP contribution in [0.1, 0.15) is 5.56 Å². The summed E-state index contributed by atoms with van der Waals surface area (Å²) < 4.78 is 27.6. The van der Waals surface area contributed by atoms with E-state index in [0.717, 1.165) is 16.5 Å². The van der Waals surface area contributed by atoms with Crippen molar-refractivity contribution in [3.63, 3.8) is 0 Å². The number of hydrogen-bond acceptors (Lipinski definition) is 4. The van der Waals surface area contributed by atoms with Crippen molar-refractivity contribution in [3.05, 3.63) is 78.4 Å². The number of nitrogens with zero attached hydrogens (tertiary/aromatic N) is 2. The van der Waals surface area contributed by atoms with Crippen LogP contribution in [0.15, 0.2) is 77.7 Å². The highest BCUT2D eigenvalue weighted by molar-refractivity contribution is 7.99. The van der Waals surface area contributed by atoms with Gasteiger partial charge in [0.05, 0.1) is 10.6 Å². The van der Waals surface area contributed by atoms with Crippen LogP contribution >= 0.6 is 11.8 Å². The summed E-state index contributed by atoms with van der Waals surface area (Å²) in [6.45, 7) is 1.50. The molecule has 0 atom stereocenters. The molecule has 5 nitrogen and oxygen atoms in total. The molecule has 0 radical (unpaired) electrons. The number of hydrogen-bond donors (Lipinski definition) is 0. The molecule has 7 heteroatoms. The highest BCUT2D eigenvalue weighted by atomic mass is 32.2. The molecule has 0 unspecified atom stereocenters. The Morgan fingerprint density at radius 2 is 1.50 bits per heavy atom. The molecule has 0 aromatic heterocycles. The van der Waals surface area contributed by atoms with Crippen LogP contribution in [0.2, 0.25) is 0 Å². The van der Waals surface area contributed by atoms with Crippen LogP contribution in [0.4, 0.5) is 0 Å². The number of carbonyl (C=O) groups excluding carboxylic acids is 1. The third kappa shape index (κ3) is 4.69. The van der Waals surface area contributed by atoms with Gasteiger partial charge in [0.25, 0.3) is 0 Å². The zero-order valence-electron chi connectivity index (χ0n) is 16.6. The van der Waals surface area contributed by atoms with Crippen LogP contribution in [0.3, 0.4) is 0 Å². The minimum atomic E-state index is -3.57. The Kier molecular flexibility index (Phi) is 6.41. The Bertz CT molecular complexity index is 1130. The van der Waals surface area contributed by atoms with E-state index in [1.807, 2.05) is 60.7 Å². The summed E-state index contributed by atoms with van der Waals surface area (Å²) in [4.78, 5) is 14.6. The lowest BCUT2D eigenvalue weighted by Crippen LogP contribution is -2.50. The normalized spacial score (nSPS) is 15.4. The first-order chi connectivity index (χ1) is 14.5. The predicted octanol–water partition coefficient (Wildman–Crippen LogP) is 3.61. The molecule has 1 aliphatic rings. The first kappa shape index (κ1) is 20.9. The average molecular weight is 441 g/mol.